The van der Waals surface area contributed by atoms with E-state index in [0.29, 0.717) is 5.56 Å². The fourth-order valence-corrected chi connectivity index (χ4v) is 2.77. The Morgan fingerprint density at radius 1 is 0.900 bits per heavy atom. The number of benzene rings is 2. The van der Waals surface area contributed by atoms with Gasteiger partial charge in [-0.1, -0.05) is 12.1 Å². The molecule has 20 heavy (non-hydrogen) atoms. The first-order valence-corrected chi connectivity index (χ1v) is 7.21. The quantitative estimate of drug-likeness (QED) is 0.943. The molecule has 0 unspecified atom stereocenters. The van der Waals surface area contributed by atoms with Crippen molar-refractivity contribution in [2.24, 2.45) is 0 Å². The third kappa shape index (κ3) is 3.74. The Labute approximate surface area is 114 Å². The van der Waals surface area contributed by atoms with Gasteiger partial charge in [0.25, 0.3) is 0 Å². The molecule has 3 nitrogen and oxygen atoms in total. The van der Waals surface area contributed by atoms with E-state index in [1.165, 1.54) is 12.1 Å². The molecule has 2 rings (SSSR count). The van der Waals surface area contributed by atoms with E-state index >= 15 is 0 Å². The Bertz CT molecular complexity index is 715. The van der Waals surface area contributed by atoms with Crippen molar-refractivity contribution in [3.8, 4) is 0 Å². The number of rotatable bonds is 4. The minimum atomic E-state index is -3.92. The molecule has 0 spiro atoms. The molecule has 7 heteroatoms. The Kier molecular flexibility index (Phi) is 3.99. The van der Waals surface area contributed by atoms with Gasteiger partial charge >= 0.3 is 0 Å². The summed E-state index contributed by atoms with van der Waals surface area (Å²) in [5, 5.41) is 0. The molecule has 1 N–H and O–H groups in total. The highest BCUT2D eigenvalue weighted by molar-refractivity contribution is 7.91. The lowest BCUT2D eigenvalue weighted by Gasteiger charge is -2.09. The Morgan fingerprint density at radius 3 is 2.15 bits per heavy atom. The zero-order valence-electron chi connectivity index (χ0n) is 10.1. The molecule has 0 atom stereocenters. The van der Waals surface area contributed by atoms with Crippen LogP contribution in [0.25, 0.3) is 0 Å². The van der Waals surface area contributed by atoms with Gasteiger partial charge in [-0.05, 0) is 29.8 Å². The smallest absolute Gasteiger partial charge is 0.237 e. The van der Waals surface area contributed by atoms with Gasteiger partial charge < -0.3 is 0 Å². The molecule has 0 radical (unpaired) electrons. The number of hydrogen-bond donors (Lipinski definition) is 1. The van der Waals surface area contributed by atoms with Gasteiger partial charge in [0.15, 0.2) is 0 Å². The second kappa shape index (κ2) is 5.54. The lowest BCUT2D eigenvalue weighted by Crippen LogP contribution is -2.16. The highest BCUT2D eigenvalue weighted by Gasteiger charge is 2.15. The van der Waals surface area contributed by atoms with Crippen LogP contribution >= 0.6 is 0 Å². The van der Waals surface area contributed by atoms with Gasteiger partial charge in [0.2, 0.25) is 10.0 Å². The van der Waals surface area contributed by atoms with E-state index in [4.69, 9.17) is 0 Å². The Hall–Kier alpha value is -2.02. The molecule has 0 saturated heterocycles. The van der Waals surface area contributed by atoms with E-state index in [2.05, 4.69) is 0 Å². The highest BCUT2D eigenvalue weighted by Crippen LogP contribution is 2.18. The van der Waals surface area contributed by atoms with Crippen molar-refractivity contribution < 1.29 is 21.6 Å². The summed E-state index contributed by atoms with van der Waals surface area (Å²) in [5.41, 5.74) is -0.136. The van der Waals surface area contributed by atoms with Gasteiger partial charge in [-0.3, -0.25) is 4.72 Å². The first kappa shape index (κ1) is 14.4. The van der Waals surface area contributed by atoms with E-state index in [1.54, 1.807) is 0 Å². The third-order valence-corrected chi connectivity index (χ3v) is 3.71. The second-order valence-corrected chi connectivity index (χ2v) is 5.83. The number of hydrogen-bond acceptors (Lipinski definition) is 2. The third-order valence-electron chi connectivity index (χ3n) is 2.46. The molecule has 2 aromatic rings. The molecule has 0 saturated carbocycles. The van der Waals surface area contributed by atoms with Gasteiger partial charge in [0, 0.05) is 6.07 Å². The lowest BCUT2D eigenvalue weighted by atomic mass is 10.2. The molecule has 0 fully saturated rings. The highest BCUT2D eigenvalue weighted by atomic mass is 32.2. The number of nitrogens with one attached hydrogen (secondary N) is 1. The van der Waals surface area contributed by atoms with Crippen molar-refractivity contribution >= 4 is 15.7 Å². The molecule has 0 bridgehead atoms. The van der Waals surface area contributed by atoms with Crippen LogP contribution in [0.5, 0.6) is 0 Å². The fraction of sp³-hybridized carbons (Fsp3) is 0.0769. The normalized spacial score (nSPS) is 11.3. The first-order chi connectivity index (χ1) is 9.35. The average molecular weight is 301 g/mol. The second-order valence-electron chi connectivity index (χ2n) is 4.11. The van der Waals surface area contributed by atoms with Crippen LogP contribution in [0.1, 0.15) is 5.56 Å². The maximum Gasteiger partial charge on any atom is 0.237 e. The minimum absolute atomic E-state index is 0.329. The van der Waals surface area contributed by atoms with E-state index in [1.807, 2.05) is 4.72 Å². The minimum Gasteiger partial charge on any atom is -0.280 e. The van der Waals surface area contributed by atoms with Gasteiger partial charge in [0.1, 0.15) is 17.5 Å². The molecule has 0 aromatic heterocycles. The summed E-state index contributed by atoms with van der Waals surface area (Å²) in [6, 6.07) is 7.30. The van der Waals surface area contributed by atoms with Crippen molar-refractivity contribution in [3.63, 3.8) is 0 Å². The van der Waals surface area contributed by atoms with E-state index < -0.39 is 38.9 Å². The Morgan fingerprint density at radius 2 is 1.50 bits per heavy atom. The molecule has 0 aliphatic heterocycles. The van der Waals surface area contributed by atoms with Crippen molar-refractivity contribution in [2.75, 3.05) is 4.72 Å². The molecule has 2 aromatic carbocycles. The van der Waals surface area contributed by atoms with Crippen molar-refractivity contribution in [1.82, 2.24) is 0 Å². The zero-order chi connectivity index (χ0) is 14.8. The van der Waals surface area contributed by atoms with E-state index in [-0.39, 0.29) is 0 Å². The molecular weight excluding hydrogens is 291 g/mol. The molecular formula is C13H10F3NO2S. The maximum absolute atomic E-state index is 13.3. The molecule has 106 valence electrons. The number of halogens is 3. The molecule has 0 amide bonds. The van der Waals surface area contributed by atoms with E-state index in [0.717, 1.165) is 30.3 Å². The SMILES string of the molecule is O=S(=O)(Cc1ccc(F)cc1)Nc1cc(F)ccc1F. The zero-order valence-corrected chi connectivity index (χ0v) is 10.9. The van der Waals surface area contributed by atoms with Crippen LogP contribution in [0.15, 0.2) is 42.5 Å². The van der Waals surface area contributed by atoms with Crippen LogP contribution in [-0.2, 0) is 15.8 Å². The van der Waals surface area contributed by atoms with Gasteiger partial charge in [-0.25, -0.2) is 21.6 Å². The summed E-state index contributed by atoms with van der Waals surface area (Å²) in [6.45, 7) is 0. The predicted molar refractivity (Wildman–Crippen MR) is 69.0 cm³/mol. The number of anilines is 1. The van der Waals surface area contributed by atoms with E-state index in [9.17, 15) is 21.6 Å². The van der Waals surface area contributed by atoms with Crippen LogP contribution in [-0.4, -0.2) is 8.42 Å². The summed E-state index contributed by atoms with van der Waals surface area (Å²) in [7, 11) is -3.92. The van der Waals surface area contributed by atoms with Crippen LogP contribution in [0.4, 0.5) is 18.9 Å². The van der Waals surface area contributed by atoms with Crippen molar-refractivity contribution in [1.29, 1.82) is 0 Å². The van der Waals surface area contributed by atoms with Crippen LogP contribution in [0, 0.1) is 17.5 Å². The van der Waals surface area contributed by atoms with Gasteiger partial charge in [0.05, 0.1) is 11.4 Å². The standard InChI is InChI=1S/C13H10F3NO2S/c14-10-3-1-9(2-4-10)8-20(18,19)17-13-7-11(15)5-6-12(13)16/h1-7,17H,8H2. The van der Waals surface area contributed by atoms with Crippen LogP contribution < -0.4 is 4.72 Å². The monoisotopic (exact) mass is 301 g/mol. The summed E-state index contributed by atoms with van der Waals surface area (Å²) in [4.78, 5) is 0. The fourth-order valence-electron chi connectivity index (χ4n) is 1.58. The van der Waals surface area contributed by atoms with Crippen LogP contribution in [0.3, 0.4) is 0 Å². The summed E-state index contributed by atoms with van der Waals surface area (Å²) < 4.78 is 64.6. The first-order valence-electron chi connectivity index (χ1n) is 5.56. The van der Waals surface area contributed by atoms with Gasteiger partial charge in [-0.15, -0.1) is 0 Å². The molecule has 0 aliphatic carbocycles. The van der Waals surface area contributed by atoms with Gasteiger partial charge in [-0.2, -0.15) is 0 Å². The summed E-state index contributed by atoms with van der Waals surface area (Å²) in [5.74, 6) is -2.60. The lowest BCUT2D eigenvalue weighted by molar-refractivity contribution is 0.593. The van der Waals surface area contributed by atoms with Crippen molar-refractivity contribution in [2.45, 2.75) is 5.75 Å². The summed E-state index contributed by atoms with van der Waals surface area (Å²) >= 11 is 0. The Balaban J connectivity index is 2.19. The van der Waals surface area contributed by atoms with Crippen molar-refractivity contribution in [3.05, 3.63) is 65.5 Å². The topological polar surface area (TPSA) is 46.2 Å². The molecule has 0 heterocycles. The maximum atomic E-state index is 13.3. The summed E-state index contributed by atoms with van der Waals surface area (Å²) in [6.07, 6.45) is 0. The number of sulfonamides is 1. The predicted octanol–water partition coefficient (Wildman–Crippen LogP) is 3.05. The van der Waals surface area contributed by atoms with Crippen LogP contribution in [0.2, 0.25) is 0 Å². The molecule has 0 aliphatic rings. The average Bonchev–Trinajstić information content (AvgIpc) is 2.36. The largest absolute Gasteiger partial charge is 0.280 e.